The lowest BCUT2D eigenvalue weighted by molar-refractivity contribution is 0.449. The molecule has 0 aliphatic carbocycles. The quantitative estimate of drug-likeness (QED) is 0.598. The largest absolute Gasteiger partial charge is 0.327 e. The Morgan fingerprint density at radius 1 is 1.60 bits per heavy atom. The van der Waals surface area contributed by atoms with E-state index in [1.165, 1.54) is 11.4 Å². The minimum Gasteiger partial charge on any atom is -0.327 e. The average molecular weight is 166 g/mol. The van der Waals surface area contributed by atoms with Crippen LogP contribution in [0.5, 0.6) is 0 Å². The number of nitrogens with zero attached hydrogens (tertiary/aromatic N) is 1. The van der Waals surface area contributed by atoms with Crippen LogP contribution in [0.4, 0.5) is 0 Å². The Bertz CT molecular complexity index is 186. The van der Waals surface area contributed by atoms with Gasteiger partial charge in [0.05, 0.1) is 6.26 Å². The SMILES string of the molecule is C[C@@H](N)CN(C)S(C)(=O)=O. The lowest BCUT2D eigenvalue weighted by Gasteiger charge is -2.15. The second-order valence-corrected chi connectivity index (χ2v) is 4.61. The summed E-state index contributed by atoms with van der Waals surface area (Å²) >= 11 is 0. The van der Waals surface area contributed by atoms with Gasteiger partial charge in [-0.2, -0.15) is 0 Å². The maximum absolute atomic E-state index is 10.7. The van der Waals surface area contributed by atoms with Crippen LogP contribution in [0, 0.1) is 0 Å². The first-order valence-electron chi connectivity index (χ1n) is 3.01. The molecule has 62 valence electrons. The van der Waals surface area contributed by atoms with Gasteiger partial charge in [0.15, 0.2) is 0 Å². The molecule has 0 aromatic heterocycles. The van der Waals surface area contributed by atoms with E-state index in [1.807, 2.05) is 0 Å². The Labute approximate surface area is 62.1 Å². The summed E-state index contributed by atoms with van der Waals surface area (Å²) in [6, 6.07) is -0.111. The summed E-state index contributed by atoms with van der Waals surface area (Å²) < 4.78 is 22.7. The van der Waals surface area contributed by atoms with E-state index in [0.717, 1.165) is 6.26 Å². The summed E-state index contributed by atoms with van der Waals surface area (Å²) in [6.07, 6.45) is 1.16. The molecule has 10 heavy (non-hydrogen) atoms. The minimum absolute atomic E-state index is 0.111. The van der Waals surface area contributed by atoms with E-state index in [1.54, 1.807) is 6.92 Å². The molecule has 0 saturated carbocycles. The smallest absolute Gasteiger partial charge is 0.211 e. The summed E-state index contributed by atoms with van der Waals surface area (Å²) in [5.74, 6) is 0. The van der Waals surface area contributed by atoms with Crippen molar-refractivity contribution in [3.8, 4) is 0 Å². The number of hydrogen-bond acceptors (Lipinski definition) is 3. The van der Waals surface area contributed by atoms with Gasteiger partial charge in [-0.1, -0.05) is 0 Å². The van der Waals surface area contributed by atoms with Gasteiger partial charge in [0.1, 0.15) is 0 Å². The third-order valence-corrected chi connectivity index (χ3v) is 2.39. The highest BCUT2D eigenvalue weighted by molar-refractivity contribution is 7.88. The fraction of sp³-hybridized carbons (Fsp3) is 1.00. The first kappa shape index (κ1) is 9.87. The summed E-state index contributed by atoms with van der Waals surface area (Å²) in [7, 11) is -1.53. The molecule has 0 radical (unpaired) electrons. The molecule has 0 saturated heterocycles. The van der Waals surface area contributed by atoms with Gasteiger partial charge in [-0.15, -0.1) is 0 Å². The van der Waals surface area contributed by atoms with E-state index < -0.39 is 10.0 Å². The summed E-state index contributed by atoms with van der Waals surface area (Å²) in [4.78, 5) is 0. The van der Waals surface area contributed by atoms with Crippen molar-refractivity contribution in [1.29, 1.82) is 0 Å². The number of rotatable bonds is 3. The highest BCUT2D eigenvalue weighted by atomic mass is 32.2. The highest BCUT2D eigenvalue weighted by Crippen LogP contribution is 1.92. The molecule has 4 nitrogen and oxygen atoms in total. The Morgan fingerprint density at radius 3 is 2.10 bits per heavy atom. The molecule has 5 heteroatoms. The molecule has 1 atom stereocenters. The molecule has 0 spiro atoms. The zero-order chi connectivity index (χ0) is 8.36. The fourth-order valence-electron chi connectivity index (χ4n) is 0.541. The predicted octanol–water partition coefficient (Wildman–Crippen LogP) is -0.775. The van der Waals surface area contributed by atoms with Gasteiger partial charge in [0.25, 0.3) is 0 Å². The van der Waals surface area contributed by atoms with Crippen molar-refractivity contribution in [3.63, 3.8) is 0 Å². The minimum atomic E-state index is -3.04. The van der Waals surface area contributed by atoms with Crippen molar-refractivity contribution in [1.82, 2.24) is 4.31 Å². The van der Waals surface area contributed by atoms with E-state index in [9.17, 15) is 8.42 Å². The monoisotopic (exact) mass is 166 g/mol. The average Bonchev–Trinajstić information content (AvgIpc) is 1.60. The number of hydrogen-bond donors (Lipinski definition) is 1. The van der Waals surface area contributed by atoms with Gasteiger partial charge >= 0.3 is 0 Å². The Morgan fingerprint density at radius 2 is 2.00 bits per heavy atom. The predicted molar refractivity (Wildman–Crippen MR) is 41.1 cm³/mol. The molecular weight excluding hydrogens is 152 g/mol. The van der Waals surface area contributed by atoms with Crippen LogP contribution < -0.4 is 5.73 Å². The maximum atomic E-state index is 10.7. The van der Waals surface area contributed by atoms with Gasteiger partial charge < -0.3 is 5.73 Å². The summed E-state index contributed by atoms with van der Waals surface area (Å²) in [5.41, 5.74) is 5.38. The molecule has 0 aromatic carbocycles. The van der Waals surface area contributed by atoms with Crippen LogP contribution in [0.15, 0.2) is 0 Å². The Hall–Kier alpha value is -0.130. The highest BCUT2D eigenvalue weighted by Gasteiger charge is 2.11. The van der Waals surface area contributed by atoms with E-state index >= 15 is 0 Å². The summed E-state index contributed by atoms with van der Waals surface area (Å²) in [6.45, 7) is 2.14. The number of sulfonamides is 1. The molecule has 0 fully saturated rings. The van der Waals surface area contributed by atoms with Crippen molar-refractivity contribution < 1.29 is 8.42 Å². The third-order valence-electron chi connectivity index (χ3n) is 1.11. The van der Waals surface area contributed by atoms with Crippen LogP contribution in [0.25, 0.3) is 0 Å². The Kier molecular flexibility index (Phi) is 3.27. The molecule has 0 rings (SSSR count). The van der Waals surface area contributed by atoms with Crippen LogP contribution in [-0.4, -0.2) is 38.6 Å². The van der Waals surface area contributed by atoms with E-state index in [-0.39, 0.29) is 6.04 Å². The van der Waals surface area contributed by atoms with Crippen LogP contribution >= 0.6 is 0 Å². The molecule has 0 aromatic rings. The normalized spacial score (nSPS) is 15.7. The van der Waals surface area contributed by atoms with E-state index in [0.29, 0.717) is 6.54 Å². The van der Waals surface area contributed by atoms with Crippen LogP contribution in [0.3, 0.4) is 0 Å². The molecule has 0 amide bonds. The second-order valence-electron chi connectivity index (χ2n) is 2.52. The zero-order valence-corrected chi connectivity index (χ0v) is 7.35. The van der Waals surface area contributed by atoms with Gasteiger partial charge in [0.2, 0.25) is 10.0 Å². The van der Waals surface area contributed by atoms with Crippen molar-refractivity contribution in [2.75, 3.05) is 19.8 Å². The lowest BCUT2D eigenvalue weighted by atomic mass is 10.4. The van der Waals surface area contributed by atoms with Gasteiger partial charge in [-0.25, -0.2) is 12.7 Å². The van der Waals surface area contributed by atoms with Crippen molar-refractivity contribution in [2.24, 2.45) is 5.73 Å². The molecule has 0 bridgehead atoms. The van der Waals surface area contributed by atoms with Crippen molar-refractivity contribution in [2.45, 2.75) is 13.0 Å². The fourth-order valence-corrected chi connectivity index (χ4v) is 1.05. The topological polar surface area (TPSA) is 63.4 Å². The maximum Gasteiger partial charge on any atom is 0.211 e. The van der Waals surface area contributed by atoms with Gasteiger partial charge in [-0.3, -0.25) is 0 Å². The molecule has 0 aliphatic rings. The van der Waals surface area contributed by atoms with Crippen LogP contribution in [0.2, 0.25) is 0 Å². The lowest BCUT2D eigenvalue weighted by Crippen LogP contribution is -2.36. The standard InChI is InChI=1S/C5H14N2O2S/c1-5(6)4-7(2)10(3,8)9/h5H,4,6H2,1-3H3/t5-/m1/s1. The molecule has 0 aliphatic heterocycles. The second kappa shape index (κ2) is 3.32. The third kappa shape index (κ3) is 3.81. The molecular formula is C5H14N2O2S. The first-order chi connectivity index (χ1) is 4.34. The van der Waals surface area contributed by atoms with E-state index in [4.69, 9.17) is 5.73 Å². The number of likely N-dealkylation sites (N-methyl/N-ethyl adjacent to an activating group) is 1. The van der Waals surface area contributed by atoms with Gasteiger partial charge in [-0.05, 0) is 6.92 Å². The van der Waals surface area contributed by atoms with Crippen molar-refractivity contribution >= 4 is 10.0 Å². The van der Waals surface area contributed by atoms with Crippen LogP contribution in [0.1, 0.15) is 6.92 Å². The number of nitrogens with two attached hydrogens (primary N) is 1. The Balaban J connectivity index is 3.99. The van der Waals surface area contributed by atoms with Crippen molar-refractivity contribution in [3.05, 3.63) is 0 Å². The molecule has 0 unspecified atom stereocenters. The van der Waals surface area contributed by atoms with E-state index in [2.05, 4.69) is 0 Å². The van der Waals surface area contributed by atoms with Crippen LogP contribution in [-0.2, 0) is 10.0 Å². The molecule has 0 heterocycles. The summed E-state index contributed by atoms with van der Waals surface area (Å²) in [5, 5.41) is 0. The molecule has 2 N–H and O–H groups in total. The first-order valence-corrected chi connectivity index (χ1v) is 4.85. The van der Waals surface area contributed by atoms with Gasteiger partial charge in [0, 0.05) is 19.6 Å². The zero-order valence-electron chi connectivity index (χ0n) is 6.53.